The van der Waals surface area contributed by atoms with Crippen LogP contribution in [-0.2, 0) is 6.42 Å². The van der Waals surface area contributed by atoms with Crippen molar-refractivity contribution in [1.29, 1.82) is 5.26 Å². The van der Waals surface area contributed by atoms with Gasteiger partial charge in [0.25, 0.3) is 0 Å². The molecule has 0 amide bonds. The van der Waals surface area contributed by atoms with Crippen LogP contribution < -0.4 is 10.5 Å². The van der Waals surface area contributed by atoms with Crippen molar-refractivity contribution in [3.8, 4) is 17.7 Å². The van der Waals surface area contributed by atoms with Gasteiger partial charge in [-0.15, -0.1) is 0 Å². The van der Waals surface area contributed by atoms with Gasteiger partial charge < -0.3 is 10.5 Å². The average Bonchev–Trinajstić information content (AvgIpc) is 2.42. The fourth-order valence-electron chi connectivity index (χ4n) is 1.66. The highest BCUT2D eigenvalue weighted by molar-refractivity contribution is 5.53. The van der Waals surface area contributed by atoms with Gasteiger partial charge in [0.15, 0.2) is 5.75 Å². The Balaban J connectivity index is 2.34. The first kappa shape index (κ1) is 12.8. The van der Waals surface area contributed by atoms with Crippen molar-refractivity contribution < 1.29 is 4.74 Å². The van der Waals surface area contributed by atoms with Crippen LogP contribution in [0.15, 0.2) is 24.4 Å². The van der Waals surface area contributed by atoms with E-state index in [9.17, 15) is 0 Å². The fraction of sp³-hybridized carbons (Fsp3) is 0.214. The number of aryl methyl sites for hydroxylation is 2. The zero-order valence-corrected chi connectivity index (χ0v) is 10.8. The Hall–Kier alpha value is -2.61. The number of nitriles is 1. The molecule has 2 heterocycles. The van der Waals surface area contributed by atoms with Crippen LogP contribution in [0.5, 0.6) is 11.6 Å². The standard InChI is InChI=1S/C14H14N4O/c1-3-12-13(5-4-9(2)18-12)19-14-11(16)6-10(7-15)8-17-14/h4-6,8H,3,16H2,1-2H3. The summed E-state index contributed by atoms with van der Waals surface area (Å²) in [5.41, 5.74) is 8.33. The number of hydrogen-bond acceptors (Lipinski definition) is 5. The zero-order valence-electron chi connectivity index (χ0n) is 10.8. The zero-order chi connectivity index (χ0) is 13.8. The Morgan fingerprint density at radius 1 is 1.42 bits per heavy atom. The number of aromatic nitrogens is 2. The molecule has 2 rings (SSSR count). The first-order valence-electron chi connectivity index (χ1n) is 5.94. The summed E-state index contributed by atoms with van der Waals surface area (Å²) in [6.07, 6.45) is 2.19. The summed E-state index contributed by atoms with van der Waals surface area (Å²) in [4.78, 5) is 8.45. The molecule has 0 unspecified atom stereocenters. The molecule has 2 N–H and O–H groups in total. The number of hydrogen-bond donors (Lipinski definition) is 1. The lowest BCUT2D eigenvalue weighted by Gasteiger charge is -2.10. The topological polar surface area (TPSA) is 84.8 Å². The molecule has 0 fully saturated rings. The molecule has 0 radical (unpaired) electrons. The Kier molecular flexibility index (Phi) is 3.62. The van der Waals surface area contributed by atoms with Gasteiger partial charge in [-0.25, -0.2) is 4.98 Å². The Labute approximate surface area is 111 Å². The lowest BCUT2D eigenvalue weighted by atomic mass is 10.2. The number of nitrogens with two attached hydrogens (primary N) is 1. The lowest BCUT2D eigenvalue weighted by Crippen LogP contribution is -2.00. The highest BCUT2D eigenvalue weighted by Crippen LogP contribution is 2.27. The Morgan fingerprint density at radius 2 is 2.21 bits per heavy atom. The maximum absolute atomic E-state index is 8.76. The van der Waals surface area contributed by atoms with Crippen molar-refractivity contribution in [2.45, 2.75) is 20.3 Å². The minimum Gasteiger partial charge on any atom is -0.435 e. The second kappa shape index (κ2) is 5.36. The minimum absolute atomic E-state index is 0.291. The number of pyridine rings is 2. The molecule has 2 aromatic heterocycles. The molecule has 2 aromatic rings. The number of anilines is 1. The van der Waals surface area contributed by atoms with Gasteiger partial charge in [-0.3, -0.25) is 4.98 Å². The predicted molar refractivity (Wildman–Crippen MR) is 71.8 cm³/mol. The van der Waals surface area contributed by atoms with E-state index < -0.39 is 0 Å². The maximum atomic E-state index is 8.76. The molecule has 0 saturated heterocycles. The summed E-state index contributed by atoms with van der Waals surface area (Å²) >= 11 is 0. The number of ether oxygens (including phenoxy) is 1. The number of rotatable bonds is 3. The summed E-state index contributed by atoms with van der Waals surface area (Å²) in [7, 11) is 0. The molecule has 96 valence electrons. The minimum atomic E-state index is 0.291. The highest BCUT2D eigenvalue weighted by atomic mass is 16.5. The van der Waals surface area contributed by atoms with Gasteiger partial charge in [-0.05, 0) is 31.5 Å². The van der Waals surface area contributed by atoms with E-state index in [0.29, 0.717) is 22.9 Å². The van der Waals surface area contributed by atoms with Crippen molar-refractivity contribution >= 4 is 5.69 Å². The predicted octanol–water partition coefficient (Wildman–Crippen LogP) is 2.59. The van der Waals surface area contributed by atoms with Crippen LogP contribution in [-0.4, -0.2) is 9.97 Å². The van der Waals surface area contributed by atoms with Crippen LogP contribution in [0.1, 0.15) is 23.9 Å². The molecule has 0 aromatic carbocycles. The quantitative estimate of drug-likeness (QED) is 0.909. The van der Waals surface area contributed by atoms with Crippen LogP contribution in [0.2, 0.25) is 0 Å². The molecular formula is C14H14N4O. The second-order valence-corrected chi connectivity index (χ2v) is 4.08. The fourth-order valence-corrected chi connectivity index (χ4v) is 1.66. The van der Waals surface area contributed by atoms with E-state index in [1.54, 1.807) is 0 Å². The molecule has 5 nitrogen and oxygen atoms in total. The van der Waals surface area contributed by atoms with Crippen molar-refractivity contribution in [3.63, 3.8) is 0 Å². The van der Waals surface area contributed by atoms with Crippen LogP contribution in [0.3, 0.4) is 0 Å². The Morgan fingerprint density at radius 3 is 2.84 bits per heavy atom. The van der Waals surface area contributed by atoms with Crippen molar-refractivity contribution in [2.24, 2.45) is 0 Å². The van der Waals surface area contributed by atoms with Gasteiger partial charge in [0.05, 0.1) is 16.9 Å². The van der Waals surface area contributed by atoms with Gasteiger partial charge in [0.2, 0.25) is 5.88 Å². The molecule has 5 heteroatoms. The van der Waals surface area contributed by atoms with Crippen LogP contribution in [0, 0.1) is 18.3 Å². The molecule has 0 aliphatic heterocycles. The van der Waals surface area contributed by atoms with Gasteiger partial charge in [0, 0.05) is 11.9 Å². The first-order valence-corrected chi connectivity index (χ1v) is 5.94. The molecular weight excluding hydrogens is 240 g/mol. The maximum Gasteiger partial charge on any atom is 0.242 e. The highest BCUT2D eigenvalue weighted by Gasteiger charge is 2.09. The first-order chi connectivity index (χ1) is 9.13. The van der Waals surface area contributed by atoms with Crippen molar-refractivity contribution in [3.05, 3.63) is 41.3 Å². The third-order valence-corrected chi connectivity index (χ3v) is 2.62. The summed E-state index contributed by atoms with van der Waals surface area (Å²) in [6, 6.07) is 7.23. The molecule has 0 spiro atoms. The van der Waals surface area contributed by atoms with Crippen LogP contribution >= 0.6 is 0 Å². The number of nitrogen functional groups attached to an aromatic ring is 1. The van der Waals surface area contributed by atoms with Gasteiger partial charge in [-0.2, -0.15) is 5.26 Å². The van der Waals surface area contributed by atoms with E-state index in [1.165, 1.54) is 12.3 Å². The van der Waals surface area contributed by atoms with Gasteiger partial charge >= 0.3 is 0 Å². The van der Waals surface area contributed by atoms with Crippen LogP contribution in [0.25, 0.3) is 0 Å². The molecule has 0 aliphatic rings. The second-order valence-electron chi connectivity index (χ2n) is 4.08. The molecule has 0 atom stereocenters. The van der Waals surface area contributed by atoms with Crippen LogP contribution in [0.4, 0.5) is 5.69 Å². The third kappa shape index (κ3) is 2.80. The number of nitrogens with zero attached hydrogens (tertiary/aromatic N) is 3. The summed E-state index contributed by atoms with van der Waals surface area (Å²) in [6.45, 7) is 3.93. The van der Waals surface area contributed by atoms with Gasteiger partial charge in [0.1, 0.15) is 6.07 Å². The lowest BCUT2D eigenvalue weighted by molar-refractivity contribution is 0.456. The largest absolute Gasteiger partial charge is 0.435 e. The van der Waals surface area contributed by atoms with E-state index in [-0.39, 0.29) is 0 Å². The smallest absolute Gasteiger partial charge is 0.242 e. The van der Waals surface area contributed by atoms with Crippen molar-refractivity contribution in [2.75, 3.05) is 5.73 Å². The molecule has 0 bridgehead atoms. The summed E-state index contributed by atoms with van der Waals surface area (Å²) in [5, 5.41) is 8.76. The third-order valence-electron chi connectivity index (χ3n) is 2.62. The van der Waals surface area contributed by atoms with E-state index in [4.69, 9.17) is 15.7 Å². The monoisotopic (exact) mass is 254 g/mol. The molecule has 19 heavy (non-hydrogen) atoms. The Bertz CT molecular complexity index is 646. The SMILES string of the molecule is CCc1nc(C)ccc1Oc1ncc(C#N)cc1N. The van der Waals surface area contributed by atoms with Crippen molar-refractivity contribution in [1.82, 2.24) is 9.97 Å². The molecule has 0 aliphatic carbocycles. The van der Waals surface area contributed by atoms with E-state index in [1.807, 2.05) is 32.0 Å². The van der Waals surface area contributed by atoms with E-state index in [0.717, 1.165) is 17.8 Å². The van der Waals surface area contributed by atoms with E-state index in [2.05, 4.69) is 9.97 Å². The summed E-state index contributed by atoms with van der Waals surface area (Å²) in [5.74, 6) is 0.927. The van der Waals surface area contributed by atoms with E-state index >= 15 is 0 Å². The normalized spacial score (nSPS) is 9.95. The average molecular weight is 254 g/mol. The summed E-state index contributed by atoms with van der Waals surface area (Å²) < 4.78 is 5.68. The van der Waals surface area contributed by atoms with Gasteiger partial charge in [-0.1, -0.05) is 6.92 Å². The molecule has 0 saturated carbocycles.